The van der Waals surface area contributed by atoms with Crippen LogP contribution in [0.4, 0.5) is 5.69 Å². The number of nitrogens with one attached hydrogen (secondary N) is 1. The molecular weight excluding hydrogens is 344 g/mol. The third kappa shape index (κ3) is 3.90. The zero-order valence-electron chi connectivity index (χ0n) is 14.9. The normalized spacial score (nSPS) is 11.6. The van der Waals surface area contributed by atoms with Gasteiger partial charge in [0.1, 0.15) is 18.2 Å². The van der Waals surface area contributed by atoms with Crippen LogP contribution in [0.3, 0.4) is 0 Å². The minimum absolute atomic E-state index is 0.0685. The smallest absolute Gasteiger partial charge is 0.338 e. The monoisotopic (exact) mass is 362 g/mol. The molecule has 27 heavy (non-hydrogen) atoms. The maximum Gasteiger partial charge on any atom is 0.338 e. The second-order valence-corrected chi connectivity index (χ2v) is 6.06. The molecule has 0 radical (unpaired) electrons. The fourth-order valence-corrected chi connectivity index (χ4v) is 2.53. The van der Waals surface area contributed by atoms with Gasteiger partial charge in [-0.3, -0.25) is 0 Å². The molecule has 0 unspecified atom stereocenters. The van der Waals surface area contributed by atoms with Crippen LogP contribution < -0.4 is 4.90 Å². The Morgan fingerprint density at radius 1 is 1.26 bits per heavy atom. The van der Waals surface area contributed by atoms with Crippen LogP contribution in [0, 0.1) is 11.3 Å². The van der Waals surface area contributed by atoms with Crippen LogP contribution >= 0.6 is 0 Å². The molecule has 0 bridgehead atoms. The molecule has 0 aliphatic heterocycles. The van der Waals surface area contributed by atoms with E-state index in [2.05, 4.69) is 9.97 Å². The number of aromatic nitrogens is 2. The molecule has 3 rings (SSSR count). The summed E-state index contributed by atoms with van der Waals surface area (Å²) >= 11 is 0. The molecule has 0 spiro atoms. The largest absolute Gasteiger partial charge is 0.507 e. The highest BCUT2D eigenvalue weighted by Crippen LogP contribution is 2.19. The molecule has 0 aliphatic rings. The molecule has 1 aromatic heterocycles. The molecule has 0 atom stereocenters. The Hall–Kier alpha value is -3.79. The first kappa shape index (κ1) is 18.0. The van der Waals surface area contributed by atoms with Gasteiger partial charge >= 0.3 is 5.97 Å². The van der Waals surface area contributed by atoms with Crippen LogP contribution in [0.25, 0.3) is 16.6 Å². The van der Waals surface area contributed by atoms with Gasteiger partial charge in [0.05, 0.1) is 16.6 Å². The predicted molar refractivity (Wildman–Crippen MR) is 102 cm³/mol. The van der Waals surface area contributed by atoms with Crippen molar-refractivity contribution in [3.8, 4) is 6.07 Å². The van der Waals surface area contributed by atoms with E-state index in [0.717, 1.165) is 11.2 Å². The predicted octanol–water partition coefficient (Wildman–Crippen LogP) is 3.28. The van der Waals surface area contributed by atoms with Gasteiger partial charge in [0.25, 0.3) is 0 Å². The lowest BCUT2D eigenvalue weighted by atomic mass is 10.2. The Labute approximate surface area is 156 Å². The average Bonchev–Trinajstić information content (AvgIpc) is 3.10. The number of allylic oxidation sites excluding steroid dienone is 1. The van der Waals surface area contributed by atoms with Crippen LogP contribution in [0.2, 0.25) is 0 Å². The number of hydrogen-bond acceptors (Lipinski definition) is 6. The lowest BCUT2D eigenvalue weighted by Crippen LogP contribution is -2.12. The number of fused-ring (bicyclic) bond motifs is 1. The van der Waals surface area contributed by atoms with E-state index in [-0.39, 0.29) is 17.2 Å². The van der Waals surface area contributed by atoms with Crippen LogP contribution in [-0.4, -0.2) is 41.7 Å². The summed E-state index contributed by atoms with van der Waals surface area (Å²) in [4.78, 5) is 21.3. The lowest BCUT2D eigenvalue weighted by Gasteiger charge is -2.13. The summed E-state index contributed by atoms with van der Waals surface area (Å²) in [7, 11) is 3.73. The Morgan fingerprint density at radius 3 is 2.74 bits per heavy atom. The van der Waals surface area contributed by atoms with E-state index in [1.165, 1.54) is 0 Å². The average molecular weight is 362 g/mol. The number of rotatable bonds is 5. The first-order chi connectivity index (χ1) is 13.0. The van der Waals surface area contributed by atoms with Crippen molar-refractivity contribution >= 4 is 28.3 Å². The molecule has 7 nitrogen and oxygen atoms in total. The molecule has 3 aromatic rings. The minimum atomic E-state index is -0.591. The Morgan fingerprint density at radius 2 is 2.04 bits per heavy atom. The van der Waals surface area contributed by atoms with Crippen molar-refractivity contribution in [2.75, 3.05) is 25.6 Å². The number of aliphatic hydroxyl groups is 1. The van der Waals surface area contributed by atoms with Gasteiger partial charge in [-0.25, -0.2) is 9.78 Å². The third-order valence-electron chi connectivity index (χ3n) is 3.96. The topological polar surface area (TPSA) is 102 Å². The van der Waals surface area contributed by atoms with Crippen molar-refractivity contribution in [3.63, 3.8) is 0 Å². The molecule has 7 heteroatoms. The molecule has 2 aromatic carbocycles. The molecule has 0 fully saturated rings. The van der Waals surface area contributed by atoms with Gasteiger partial charge < -0.3 is 19.7 Å². The maximum absolute atomic E-state index is 12.2. The summed E-state index contributed by atoms with van der Waals surface area (Å²) in [5.74, 6) is -0.734. The SMILES string of the molecule is CN(C)c1cccc(C(=O)OCC(O)=C(C#N)c2nc3ccccc3[nH]2)c1. The van der Waals surface area contributed by atoms with E-state index in [9.17, 15) is 15.2 Å². The summed E-state index contributed by atoms with van der Waals surface area (Å²) in [6, 6.07) is 16.1. The van der Waals surface area contributed by atoms with E-state index in [1.807, 2.05) is 49.3 Å². The molecule has 0 saturated heterocycles. The molecule has 0 aliphatic carbocycles. The number of nitriles is 1. The Kier molecular flexibility index (Phi) is 5.08. The van der Waals surface area contributed by atoms with Gasteiger partial charge in [-0.05, 0) is 30.3 Å². The quantitative estimate of drug-likeness (QED) is 0.410. The lowest BCUT2D eigenvalue weighted by molar-refractivity contribution is 0.0503. The number of aromatic amines is 1. The fraction of sp³-hybridized carbons (Fsp3) is 0.150. The molecule has 136 valence electrons. The first-order valence-corrected chi connectivity index (χ1v) is 8.21. The summed E-state index contributed by atoms with van der Waals surface area (Å²) < 4.78 is 5.14. The molecular formula is C20H18N4O3. The highest BCUT2D eigenvalue weighted by atomic mass is 16.5. The zero-order chi connectivity index (χ0) is 19.4. The van der Waals surface area contributed by atoms with Crippen LogP contribution in [0.5, 0.6) is 0 Å². The van der Waals surface area contributed by atoms with Crippen molar-refractivity contribution in [2.24, 2.45) is 0 Å². The highest BCUT2D eigenvalue weighted by Gasteiger charge is 2.16. The number of carbonyl (C=O) groups excluding carboxylic acids is 1. The number of esters is 1. The molecule has 0 amide bonds. The van der Waals surface area contributed by atoms with Gasteiger partial charge in [-0.15, -0.1) is 0 Å². The second kappa shape index (κ2) is 7.62. The molecule has 0 saturated carbocycles. The standard InChI is InChI=1S/C20H18N4O3/c1-24(2)14-7-5-6-13(10-14)20(26)27-12-18(25)15(11-21)19-22-16-8-3-4-9-17(16)23-19/h3-10,25H,12H2,1-2H3,(H,22,23). The number of nitrogens with zero attached hydrogens (tertiary/aromatic N) is 3. The highest BCUT2D eigenvalue weighted by molar-refractivity contribution is 5.91. The number of para-hydroxylation sites is 2. The van der Waals surface area contributed by atoms with Gasteiger partial charge in [0.15, 0.2) is 11.6 Å². The Bertz CT molecular complexity index is 1030. The number of hydrogen-bond donors (Lipinski definition) is 2. The number of ether oxygens (including phenoxy) is 1. The van der Waals surface area contributed by atoms with Crippen molar-refractivity contribution in [1.29, 1.82) is 5.26 Å². The number of aliphatic hydroxyl groups excluding tert-OH is 1. The fourth-order valence-electron chi connectivity index (χ4n) is 2.53. The van der Waals surface area contributed by atoms with E-state index in [0.29, 0.717) is 11.1 Å². The summed E-state index contributed by atoms with van der Waals surface area (Å²) in [5.41, 5.74) is 2.55. The van der Waals surface area contributed by atoms with Gasteiger partial charge in [0, 0.05) is 19.8 Å². The third-order valence-corrected chi connectivity index (χ3v) is 3.96. The van der Waals surface area contributed by atoms with Crippen molar-refractivity contribution in [2.45, 2.75) is 0 Å². The number of anilines is 1. The van der Waals surface area contributed by atoms with Gasteiger partial charge in [-0.1, -0.05) is 18.2 Å². The van der Waals surface area contributed by atoms with Crippen molar-refractivity contribution in [1.82, 2.24) is 9.97 Å². The second-order valence-electron chi connectivity index (χ2n) is 6.06. The summed E-state index contributed by atoms with van der Waals surface area (Å²) in [6.07, 6.45) is 0. The minimum Gasteiger partial charge on any atom is -0.507 e. The maximum atomic E-state index is 12.2. The summed E-state index contributed by atoms with van der Waals surface area (Å²) in [5, 5.41) is 19.6. The number of carbonyl (C=O) groups is 1. The van der Waals surface area contributed by atoms with Crippen molar-refractivity contribution in [3.05, 3.63) is 65.7 Å². The molecule has 2 N–H and O–H groups in total. The summed E-state index contributed by atoms with van der Waals surface area (Å²) in [6.45, 7) is -0.426. The van der Waals surface area contributed by atoms with Crippen LogP contribution in [0.1, 0.15) is 16.2 Å². The Balaban J connectivity index is 1.78. The first-order valence-electron chi connectivity index (χ1n) is 8.21. The zero-order valence-corrected chi connectivity index (χ0v) is 14.9. The van der Waals surface area contributed by atoms with Gasteiger partial charge in [-0.2, -0.15) is 5.26 Å². The number of imidazole rings is 1. The van der Waals surface area contributed by atoms with E-state index >= 15 is 0 Å². The van der Waals surface area contributed by atoms with Crippen LogP contribution in [-0.2, 0) is 4.74 Å². The molecule has 1 heterocycles. The van der Waals surface area contributed by atoms with E-state index < -0.39 is 12.6 Å². The van der Waals surface area contributed by atoms with Crippen LogP contribution in [0.15, 0.2) is 54.3 Å². The number of benzene rings is 2. The van der Waals surface area contributed by atoms with Crippen molar-refractivity contribution < 1.29 is 14.6 Å². The van der Waals surface area contributed by atoms with E-state index in [4.69, 9.17) is 4.74 Å². The van der Waals surface area contributed by atoms with Gasteiger partial charge in [0.2, 0.25) is 0 Å². The van der Waals surface area contributed by atoms with E-state index in [1.54, 1.807) is 24.3 Å². The number of H-pyrrole nitrogens is 1.